The third kappa shape index (κ3) is 6.75. The number of carbonyl (C=O) groups is 1. The zero-order chi connectivity index (χ0) is 15.2. The standard InChI is InChI=1S/C14H21ClN2O3/c1-14(2,3)20-7-6-19-9-13(18)17-12-8-10(16)4-5-11(12)15/h4-5,8H,6-7,9,16H2,1-3H3,(H,17,18). The molecule has 0 aromatic heterocycles. The zero-order valence-electron chi connectivity index (χ0n) is 12.0. The van der Waals surface area contributed by atoms with Crippen molar-refractivity contribution >= 4 is 28.9 Å². The summed E-state index contributed by atoms with van der Waals surface area (Å²) < 4.78 is 10.7. The van der Waals surface area contributed by atoms with Crippen LogP contribution >= 0.6 is 11.6 Å². The number of benzene rings is 1. The monoisotopic (exact) mass is 300 g/mol. The van der Waals surface area contributed by atoms with Crippen LogP contribution in [0.1, 0.15) is 20.8 Å². The summed E-state index contributed by atoms with van der Waals surface area (Å²) >= 11 is 5.94. The maximum atomic E-state index is 11.7. The lowest BCUT2D eigenvalue weighted by molar-refractivity contribution is -0.121. The van der Waals surface area contributed by atoms with Crippen LogP contribution in [0, 0.1) is 0 Å². The van der Waals surface area contributed by atoms with E-state index in [9.17, 15) is 4.79 Å². The smallest absolute Gasteiger partial charge is 0.250 e. The molecule has 0 aliphatic carbocycles. The van der Waals surface area contributed by atoms with Crippen LogP contribution in [0.3, 0.4) is 0 Å². The van der Waals surface area contributed by atoms with Crippen molar-refractivity contribution in [2.45, 2.75) is 26.4 Å². The molecule has 0 atom stereocenters. The number of hydrogen-bond acceptors (Lipinski definition) is 4. The van der Waals surface area contributed by atoms with Gasteiger partial charge in [0.05, 0.1) is 29.5 Å². The normalized spacial score (nSPS) is 11.4. The lowest BCUT2D eigenvalue weighted by Gasteiger charge is -2.19. The summed E-state index contributed by atoms with van der Waals surface area (Å²) in [5.41, 5.74) is 6.43. The molecule has 0 saturated carbocycles. The minimum absolute atomic E-state index is 0.0569. The fourth-order valence-electron chi connectivity index (χ4n) is 1.40. The van der Waals surface area contributed by atoms with E-state index >= 15 is 0 Å². The lowest BCUT2D eigenvalue weighted by Crippen LogP contribution is -2.24. The van der Waals surface area contributed by atoms with Gasteiger partial charge in [-0.2, -0.15) is 0 Å². The Bertz CT molecular complexity index is 458. The van der Waals surface area contributed by atoms with Gasteiger partial charge in [-0.1, -0.05) is 11.6 Å². The van der Waals surface area contributed by atoms with E-state index in [1.807, 2.05) is 20.8 Å². The van der Waals surface area contributed by atoms with Gasteiger partial charge in [0.2, 0.25) is 5.91 Å². The summed E-state index contributed by atoms with van der Waals surface area (Å²) in [7, 11) is 0. The third-order valence-corrected chi connectivity index (χ3v) is 2.59. The highest BCUT2D eigenvalue weighted by molar-refractivity contribution is 6.33. The van der Waals surface area contributed by atoms with Crippen LogP contribution in [0.25, 0.3) is 0 Å². The summed E-state index contributed by atoms with van der Waals surface area (Å²) in [5, 5.41) is 3.08. The van der Waals surface area contributed by atoms with E-state index in [0.717, 1.165) is 0 Å². The number of rotatable bonds is 6. The molecule has 0 radical (unpaired) electrons. The van der Waals surface area contributed by atoms with E-state index in [4.69, 9.17) is 26.8 Å². The Balaban J connectivity index is 2.29. The van der Waals surface area contributed by atoms with Crippen molar-refractivity contribution < 1.29 is 14.3 Å². The molecule has 0 fully saturated rings. The first-order chi connectivity index (χ1) is 9.28. The molecule has 0 unspecified atom stereocenters. The van der Waals surface area contributed by atoms with Crippen molar-refractivity contribution in [3.63, 3.8) is 0 Å². The Kier molecular flexibility index (Phi) is 6.26. The highest BCUT2D eigenvalue weighted by Crippen LogP contribution is 2.23. The second-order valence-corrected chi connectivity index (χ2v) is 5.71. The van der Waals surface area contributed by atoms with Crippen LogP contribution in [0.15, 0.2) is 18.2 Å². The van der Waals surface area contributed by atoms with Crippen molar-refractivity contribution in [1.29, 1.82) is 0 Å². The molecule has 3 N–H and O–H groups in total. The molecule has 6 heteroatoms. The molecule has 5 nitrogen and oxygen atoms in total. The largest absolute Gasteiger partial charge is 0.399 e. The molecule has 112 valence electrons. The van der Waals surface area contributed by atoms with E-state index in [1.54, 1.807) is 18.2 Å². The summed E-state index contributed by atoms with van der Waals surface area (Å²) in [6.07, 6.45) is 0. The molecule has 0 aliphatic heterocycles. The Morgan fingerprint density at radius 1 is 1.35 bits per heavy atom. The van der Waals surface area contributed by atoms with Gasteiger partial charge in [0.15, 0.2) is 0 Å². The molecule has 1 aromatic carbocycles. The highest BCUT2D eigenvalue weighted by atomic mass is 35.5. The lowest BCUT2D eigenvalue weighted by atomic mass is 10.2. The van der Waals surface area contributed by atoms with Crippen LogP contribution in [0.5, 0.6) is 0 Å². The number of hydrogen-bond donors (Lipinski definition) is 2. The molecule has 1 amide bonds. The van der Waals surface area contributed by atoms with Gasteiger partial charge < -0.3 is 20.5 Å². The molecule has 20 heavy (non-hydrogen) atoms. The third-order valence-electron chi connectivity index (χ3n) is 2.26. The number of anilines is 2. The van der Waals surface area contributed by atoms with E-state index in [2.05, 4.69) is 5.32 Å². The van der Waals surface area contributed by atoms with Gasteiger partial charge in [0.25, 0.3) is 0 Å². The van der Waals surface area contributed by atoms with Gasteiger partial charge in [-0.15, -0.1) is 0 Å². The maximum absolute atomic E-state index is 11.7. The Morgan fingerprint density at radius 2 is 2.05 bits per heavy atom. The predicted molar refractivity (Wildman–Crippen MR) is 81.0 cm³/mol. The molecular weight excluding hydrogens is 280 g/mol. The predicted octanol–water partition coefficient (Wildman–Crippen LogP) is 2.69. The number of ether oxygens (including phenoxy) is 2. The van der Waals surface area contributed by atoms with Crippen LogP contribution in [-0.2, 0) is 14.3 Å². The van der Waals surface area contributed by atoms with Crippen molar-refractivity contribution in [2.75, 3.05) is 30.9 Å². The summed E-state index contributed by atoms with van der Waals surface area (Å²) in [6, 6.07) is 4.89. The molecule has 0 saturated heterocycles. The number of nitrogens with two attached hydrogens (primary N) is 1. The van der Waals surface area contributed by atoms with Gasteiger partial charge >= 0.3 is 0 Å². The number of nitrogen functional groups attached to an aromatic ring is 1. The quantitative estimate of drug-likeness (QED) is 0.626. The summed E-state index contributed by atoms with van der Waals surface area (Å²) in [4.78, 5) is 11.7. The van der Waals surface area contributed by atoms with Gasteiger partial charge in [0.1, 0.15) is 6.61 Å². The first-order valence-corrected chi connectivity index (χ1v) is 6.72. The molecule has 0 spiro atoms. The average Bonchev–Trinajstić information content (AvgIpc) is 2.32. The first-order valence-electron chi connectivity index (χ1n) is 6.34. The van der Waals surface area contributed by atoms with Gasteiger partial charge in [-0.05, 0) is 39.0 Å². The van der Waals surface area contributed by atoms with Gasteiger partial charge in [0, 0.05) is 5.69 Å². The van der Waals surface area contributed by atoms with Gasteiger partial charge in [-0.3, -0.25) is 4.79 Å². The minimum Gasteiger partial charge on any atom is -0.399 e. The van der Waals surface area contributed by atoms with Crippen LogP contribution in [0.4, 0.5) is 11.4 Å². The number of nitrogens with one attached hydrogen (secondary N) is 1. The van der Waals surface area contributed by atoms with E-state index in [-0.39, 0.29) is 18.1 Å². The second kappa shape index (κ2) is 7.47. The number of amides is 1. The van der Waals surface area contributed by atoms with Crippen LogP contribution < -0.4 is 11.1 Å². The van der Waals surface area contributed by atoms with E-state index < -0.39 is 0 Å². The van der Waals surface area contributed by atoms with E-state index in [0.29, 0.717) is 29.6 Å². The molecule has 1 rings (SSSR count). The minimum atomic E-state index is -0.284. The Hall–Kier alpha value is -1.30. The average molecular weight is 301 g/mol. The first kappa shape index (κ1) is 16.8. The SMILES string of the molecule is CC(C)(C)OCCOCC(=O)Nc1cc(N)ccc1Cl. The van der Waals surface area contributed by atoms with Crippen molar-refractivity contribution in [2.24, 2.45) is 0 Å². The van der Waals surface area contributed by atoms with Crippen molar-refractivity contribution in [1.82, 2.24) is 0 Å². The van der Waals surface area contributed by atoms with E-state index in [1.165, 1.54) is 0 Å². The zero-order valence-corrected chi connectivity index (χ0v) is 12.8. The van der Waals surface area contributed by atoms with Crippen molar-refractivity contribution in [3.8, 4) is 0 Å². The second-order valence-electron chi connectivity index (χ2n) is 5.30. The number of halogens is 1. The maximum Gasteiger partial charge on any atom is 0.250 e. The fourth-order valence-corrected chi connectivity index (χ4v) is 1.56. The molecular formula is C14H21ClN2O3. The molecule has 0 aliphatic rings. The Morgan fingerprint density at radius 3 is 2.70 bits per heavy atom. The summed E-state index contributed by atoms with van der Waals surface area (Å²) in [6.45, 7) is 6.62. The van der Waals surface area contributed by atoms with Crippen molar-refractivity contribution in [3.05, 3.63) is 23.2 Å². The number of carbonyl (C=O) groups excluding carboxylic acids is 1. The Labute approximate surface area is 124 Å². The molecule has 0 bridgehead atoms. The highest BCUT2D eigenvalue weighted by Gasteiger charge is 2.10. The topological polar surface area (TPSA) is 73.6 Å². The fraction of sp³-hybridized carbons (Fsp3) is 0.500. The summed E-state index contributed by atoms with van der Waals surface area (Å²) in [5.74, 6) is -0.284. The van der Waals surface area contributed by atoms with Gasteiger partial charge in [-0.25, -0.2) is 0 Å². The van der Waals surface area contributed by atoms with Crippen LogP contribution in [0.2, 0.25) is 5.02 Å². The molecule has 1 aromatic rings. The van der Waals surface area contributed by atoms with Crippen LogP contribution in [-0.4, -0.2) is 31.3 Å². The molecule has 0 heterocycles.